The van der Waals surface area contributed by atoms with E-state index in [4.69, 9.17) is 4.74 Å². The molecule has 1 aromatic carbocycles. The Morgan fingerprint density at radius 3 is 3.15 bits per heavy atom. The van der Waals surface area contributed by atoms with Crippen LogP contribution in [-0.4, -0.2) is 19.6 Å². The van der Waals surface area contributed by atoms with Gasteiger partial charge < -0.3 is 10.1 Å². The Balaban J connectivity index is 2.47. The molecule has 3 heteroatoms. The molecule has 68 valence electrons. The molecule has 1 N–H and O–H groups in total. The molecule has 0 spiro atoms. The average molecular weight is 177 g/mol. The lowest BCUT2D eigenvalue weighted by atomic mass is 10.1. The van der Waals surface area contributed by atoms with Crippen LogP contribution in [0.2, 0.25) is 0 Å². The molecule has 1 aromatic rings. The fourth-order valence-electron chi connectivity index (χ4n) is 1.53. The number of carbonyl (C=O) groups is 1. The van der Waals surface area contributed by atoms with Crippen LogP contribution in [0.3, 0.4) is 0 Å². The fourth-order valence-corrected chi connectivity index (χ4v) is 1.53. The quantitative estimate of drug-likeness (QED) is 0.694. The molecule has 0 saturated carbocycles. The fraction of sp³-hybridized carbons (Fsp3) is 0.300. The Hall–Kier alpha value is -1.51. The molecule has 0 atom stereocenters. The lowest BCUT2D eigenvalue weighted by Gasteiger charge is -2.05. The van der Waals surface area contributed by atoms with Crippen LogP contribution in [0.25, 0.3) is 0 Å². The van der Waals surface area contributed by atoms with Gasteiger partial charge in [0.15, 0.2) is 0 Å². The summed E-state index contributed by atoms with van der Waals surface area (Å²) in [5.41, 5.74) is 1.76. The summed E-state index contributed by atoms with van der Waals surface area (Å²) in [6, 6.07) is 5.66. The predicted octanol–water partition coefficient (Wildman–Crippen LogP) is 0.981. The molecule has 0 saturated heterocycles. The van der Waals surface area contributed by atoms with Crippen LogP contribution < -0.4 is 10.1 Å². The van der Waals surface area contributed by atoms with Gasteiger partial charge in [-0.2, -0.15) is 0 Å². The molecule has 0 unspecified atom stereocenters. The Bertz CT molecular complexity index is 347. The van der Waals surface area contributed by atoms with Crippen molar-refractivity contribution in [3.05, 3.63) is 29.3 Å². The summed E-state index contributed by atoms with van der Waals surface area (Å²) in [6.45, 7) is 0.684. The van der Waals surface area contributed by atoms with Crippen LogP contribution in [0.15, 0.2) is 18.2 Å². The smallest absolute Gasteiger partial charge is 0.254 e. The number of para-hydroxylation sites is 1. The van der Waals surface area contributed by atoms with E-state index in [1.807, 2.05) is 12.1 Å². The minimum Gasteiger partial charge on any atom is -0.492 e. The first kappa shape index (κ1) is 8.10. The van der Waals surface area contributed by atoms with E-state index >= 15 is 0 Å². The van der Waals surface area contributed by atoms with Crippen molar-refractivity contribution in [1.29, 1.82) is 0 Å². The molecule has 13 heavy (non-hydrogen) atoms. The number of nitrogens with one attached hydrogen (secondary N) is 1. The summed E-state index contributed by atoms with van der Waals surface area (Å²) in [6.07, 6.45) is 0.903. The molecule has 1 aliphatic rings. The maximum Gasteiger partial charge on any atom is 0.254 e. The zero-order valence-electron chi connectivity index (χ0n) is 7.46. The number of hydrogen-bond donors (Lipinski definition) is 1. The minimum absolute atomic E-state index is 0.0845. The maximum absolute atomic E-state index is 11.4. The molecule has 0 fully saturated rings. The van der Waals surface area contributed by atoms with E-state index in [1.54, 1.807) is 13.1 Å². The van der Waals surface area contributed by atoms with Gasteiger partial charge in [0.05, 0.1) is 12.2 Å². The highest BCUT2D eigenvalue weighted by atomic mass is 16.5. The molecule has 1 heterocycles. The van der Waals surface area contributed by atoms with Crippen molar-refractivity contribution in [2.45, 2.75) is 6.42 Å². The molecular weight excluding hydrogens is 166 g/mol. The lowest BCUT2D eigenvalue weighted by molar-refractivity contribution is 0.0960. The highest BCUT2D eigenvalue weighted by Crippen LogP contribution is 2.28. The van der Waals surface area contributed by atoms with Crippen molar-refractivity contribution in [2.75, 3.05) is 13.7 Å². The van der Waals surface area contributed by atoms with E-state index in [9.17, 15) is 4.79 Å². The summed E-state index contributed by atoms with van der Waals surface area (Å²) < 4.78 is 5.39. The van der Waals surface area contributed by atoms with Crippen molar-refractivity contribution >= 4 is 5.91 Å². The Morgan fingerprint density at radius 2 is 2.38 bits per heavy atom. The second-order valence-electron chi connectivity index (χ2n) is 2.97. The van der Waals surface area contributed by atoms with Crippen LogP contribution >= 0.6 is 0 Å². The van der Waals surface area contributed by atoms with Gasteiger partial charge in [-0.1, -0.05) is 12.1 Å². The van der Waals surface area contributed by atoms with E-state index in [0.29, 0.717) is 12.2 Å². The highest BCUT2D eigenvalue weighted by molar-refractivity contribution is 5.97. The van der Waals surface area contributed by atoms with E-state index in [0.717, 1.165) is 17.7 Å². The van der Waals surface area contributed by atoms with Crippen molar-refractivity contribution in [3.8, 4) is 5.75 Å². The molecule has 0 bridgehead atoms. The van der Waals surface area contributed by atoms with Crippen molar-refractivity contribution in [1.82, 2.24) is 5.32 Å². The third-order valence-electron chi connectivity index (χ3n) is 2.19. The first-order chi connectivity index (χ1) is 6.33. The molecule has 1 amide bonds. The molecule has 0 aromatic heterocycles. The second-order valence-corrected chi connectivity index (χ2v) is 2.97. The van der Waals surface area contributed by atoms with E-state index < -0.39 is 0 Å². The van der Waals surface area contributed by atoms with Gasteiger partial charge in [0.25, 0.3) is 5.91 Å². The molecule has 1 aliphatic heterocycles. The van der Waals surface area contributed by atoms with Gasteiger partial charge in [0.2, 0.25) is 0 Å². The van der Waals surface area contributed by atoms with Gasteiger partial charge in [-0.15, -0.1) is 0 Å². The van der Waals surface area contributed by atoms with Gasteiger partial charge in [0.1, 0.15) is 5.75 Å². The van der Waals surface area contributed by atoms with E-state index in [2.05, 4.69) is 5.32 Å². The predicted molar refractivity (Wildman–Crippen MR) is 49.0 cm³/mol. The van der Waals surface area contributed by atoms with Crippen LogP contribution in [0, 0.1) is 0 Å². The first-order valence-electron chi connectivity index (χ1n) is 4.29. The molecule has 3 nitrogen and oxygen atoms in total. The molecule has 0 aliphatic carbocycles. The van der Waals surface area contributed by atoms with Gasteiger partial charge in [-0.3, -0.25) is 4.79 Å². The van der Waals surface area contributed by atoms with Crippen molar-refractivity contribution < 1.29 is 9.53 Å². The van der Waals surface area contributed by atoms with Crippen molar-refractivity contribution in [3.63, 3.8) is 0 Å². The molecular formula is C10H11NO2. The van der Waals surface area contributed by atoms with Crippen molar-refractivity contribution in [2.24, 2.45) is 0 Å². The number of ether oxygens (including phenoxy) is 1. The average Bonchev–Trinajstić information content (AvgIpc) is 2.63. The van der Waals surface area contributed by atoms with Gasteiger partial charge in [-0.05, 0) is 11.6 Å². The topological polar surface area (TPSA) is 38.3 Å². The van der Waals surface area contributed by atoms with Crippen LogP contribution in [0.1, 0.15) is 15.9 Å². The number of rotatable bonds is 1. The third-order valence-corrected chi connectivity index (χ3v) is 2.19. The summed E-state index contributed by atoms with van der Waals surface area (Å²) in [7, 11) is 1.62. The highest BCUT2D eigenvalue weighted by Gasteiger charge is 2.19. The number of fused-ring (bicyclic) bond motifs is 1. The first-order valence-corrected chi connectivity index (χ1v) is 4.29. The SMILES string of the molecule is CNC(=O)c1cccc2c1OCC2. The minimum atomic E-state index is -0.0845. The zero-order chi connectivity index (χ0) is 9.26. The second kappa shape index (κ2) is 3.09. The zero-order valence-corrected chi connectivity index (χ0v) is 7.46. The maximum atomic E-state index is 11.4. The standard InChI is InChI=1S/C10H11NO2/c1-11-10(12)8-4-2-3-7-5-6-13-9(7)8/h2-4H,5-6H2,1H3,(H,11,12). The van der Waals surface area contributed by atoms with Crippen LogP contribution in [0.5, 0.6) is 5.75 Å². The van der Waals surface area contributed by atoms with Gasteiger partial charge >= 0.3 is 0 Å². The largest absolute Gasteiger partial charge is 0.492 e. The Labute approximate surface area is 76.7 Å². The van der Waals surface area contributed by atoms with E-state index in [1.165, 1.54) is 0 Å². The number of benzene rings is 1. The van der Waals surface area contributed by atoms with Crippen LogP contribution in [0.4, 0.5) is 0 Å². The third kappa shape index (κ3) is 1.26. The lowest BCUT2D eigenvalue weighted by Crippen LogP contribution is -2.18. The number of amides is 1. The van der Waals surface area contributed by atoms with Crippen LogP contribution in [-0.2, 0) is 6.42 Å². The van der Waals surface area contributed by atoms with E-state index in [-0.39, 0.29) is 5.91 Å². The monoisotopic (exact) mass is 177 g/mol. The number of hydrogen-bond acceptors (Lipinski definition) is 2. The normalized spacial score (nSPS) is 13.3. The summed E-state index contributed by atoms with van der Waals surface area (Å²) >= 11 is 0. The summed E-state index contributed by atoms with van der Waals surface area (Å²) in [5.74, 6) is 0.667. The summed E-state index contributed by atoms with van der Waals surface area (Å²) in [5, 5.41) is 2.59. The van der Waals surface area contributed by atoms with Gasteiger partial charge in [0, 0.05) is 13.5 Å². The molecule has 0 radical (unpaired) electrons. The number of carbonyl (C=O) groups excluding carboxylic acids is 1. The van der Waals surface area contributed by atoms with Gasteiger partial charge in [-0.25, -0.2) is 0 Å². The Morgan fingerprint density at radius 1 is 1.54 bits per heavy atom. The Kier molecular flexibility index (Phi) is 1.93. The summed E-state index contributed by atoms with van der Waals surface area (Å²) in [4.78, 5) is 11.4. The molecule has 2 rings (SSSR count).